The standard InChI is InChI=1S/C8H18N2/c1-3-7(2)4-10-8-5-9-6-8/h7-10H,3-6H2,1-2H3. The fraction of sp³-hybridized carbons (Fsp3) is 1.00. The zero-order valence-corrected chi connectivity index (χ0v) is 6.98. The van der Waals surface area contributed by atoms with E-state index >= 15 is 0 Å². The molecule has 0 aromatic carbocycles. The molecule has 0 aromatic heterocycles. The SMILES string of the molecule is CCC(C)CNC1CNC1. The summed E-state index contributed by atoms with van der Waals surface area (Å²) in [5.74, 6) is 0.834. The first-order valence-corrected chi connectivity index (χ1v) is 4.27. The average Bonchev–Trinajstić information content (AvgIpc) is 1.84. The highest BCUT2D eigenvalue weighted by Gasteiger charge is 2.15. The van der Waals surface area contributed by atoms with Gasteiger partial charge in [-0.05, 0) is 12.5 Å². The summed E-state index contributed by atoms with van der Waals surface area (Å²) in [6, 6.07) is 0.758. The van der Waals surface area contributed by atoms with Gasteiger partial charge in [0.2, 0.25) is 0 Å². The summed E-state index contributed by atoms with van der Waals surface area (Å²) in [5.41, 5.74) is 0. The smallest absolute Gasteiger partial charge is 0.0317 e. The maximum atomic E-state index is 3.51. The fourth-order valence-electron chi connectivity index (χ4n) is 0.945. The quantitative estimate of drug-likeness (QED) is 0.600. The van der Waals surface area contributed by atoms with Gasteiger partial charge in [-0.1, -0.05) is 20.3 Å². The van der Waals surface area contributed by atoms with Crippen molar-refractivity contribution in [1.29, 1.82) is 0 Å². The van der Waals surface area contributed by atoms with Gasteiger partial charge < -0.3 is 10.6 Å². The molecule has 1 heterocycles. The van der Waals surface area contributed by atoms with Gasteiger partial charge in [-0.15, -0.1) is 0 Å². The molecule has 60 valence electrons. The van der Waals surface area contributed by atoms with Crippen LogP contribution in [0.4, 0.5) is 0 Å². The van der Waals surface area contributed by atoms with E-state index in [4.69, 9.17) is 0 Å². The summed E-state index contributed by atoms with van der Waals surface area (Å²) in [4.78, 5) is 0. The van der Waals surface area contributed by atoms with E-state index in [9.17, 15) is 0 Å². The van der Waals surface area contributed by atoms with Gasteiger partial charge in [0.05, 0.1) is 0 Å². The second kappa shape index (κ2) is 3.94. The van der Waals surface area contributed by atoms with Crippen LogP contribution in [0.1, 0.15) is 20.3 Å². The molecule has 0 bridgehead atoms. The topological polar surface area (TPSA) is 24.1 Å². The van der Waals surface area contributed by atoms with Crippen molar-refractivity contribution in [2.24, 2.45) is 5.92 Å². The lowest BCUT2D eigenvalue weighted by atomic mass is 10.1. The van der Waals surface area contributed by atoms with E-state index in [-0.39, 0.29) is 0 Å². The third kappa shape index (κ3) is 2.27. The second-order valence-electron chi connectivity index (χ2n) is 3.28. The zero-order chi connectivity index (χ0) is 7.40. The maximum absolute atomic E-state index is 3.51. The van der Waals surface area contributed by atoms with Crippen LogP contribution >= 0.6 is 0 Å². The summed E-state index contributed by atoms with van der Waals surface area (Å²) in [6.07, 6.45) is 1.28. The first-order chi connectivity index (χ1) is 4.83. The Labute approximate surface area is 63.4 Å². The molecule has 0 aromatic rings. The van der Waals surface area contributed by atoms with Crippen LogP contribution in [-0.4, -0.2) is 25.7 Å². The van der Waals surface area contributed by atoms with Crippen LogP contribution in [0, 0.1) is 5.92 Å². The molecule has 1 unspecified atom stereocenters. The van der Waals surface area contributed by atoms with E-state index in [2.05, 4.69) is 24.5 Å². The molecule has 2 nitrogen and oxygen atoms in total. The highest BCUT2D eigenvalue weighted by Crippen LogP contribution is 1.99. The van der Waals surface area contributed by atoms with Gasteiger partial charge in [-0.3, -0.25) is 0 Å². The molecule has 0 aliphatic carbocycles. The number of hydrogen-bond acceptors (Lipinski definition) is 2. The van der Waals surface area contributed by atoms with Gasteiger partial charge in [0.25, 0.3) is 0 Å². The molecular weight excluding hydrogens is 124 g/mol. The predicted molar refractivity (Wildman–Crippen MR) is 44.1 cm³/mol. The predicted octanol–water partition coefficient (Wildman–Crippen LogP) is 0.594. The highest BCUT2D eigenvalue weighted by molar-refractivity contribution is 4.81. The molecule has 1 fully saturated rings. The largest absolute Gasteiger partial charge is 0.314 e. The normalized spacial score (nSPS) is 22.2. The first kappa shape index (κ1) is 8.02. The van der Waals surface area contributed by atoms with Gasteiger partial charge in [-0.2, -0.15) is 0 Å². The lowest BCUT2D eigenvalue weighted by Crippen LogP contribution is -2.56. The van der Waals surface area contributed by atoms with Crippen LogP contribution < -0.4 is 10.6 Å². The van der Waals surface area contributed by atoms with Crippen LogP contribution in [0.2, 0.25) is 0 Å². The Balaban J connectivity index is 1.93. The van der Waals surface area contributed by atoms with Gasteiger partial charge in [0.1, 0.15) is 0 Å². The molecule has 1 aliphatic rings. The van der Waals surface area contributed by atoms with Gasteiger partial charge in [0, 0.05) is 19.1 Å². The van der Waals surface area contributed by atoms with Crippen molar-refractivity contribution in [2.75, 3.05) is 19.6 Å². The van der Waals surface area contributed by atoms with Crippen LogP contribution in [0.3, 0.4) is 0 Å². The molecule has 1 aliphatic heterocycles. The molecule has 0 spiro atoms. The maximum Gasteiger partial charge on any atom is 0.0317 e. The molecule has 0 saturated carbocycles. The highest BCUT2D eigenvalue weighted by atomic mass is 15.1. The Morgan fingerprint density at radius 2 is 2.30 bits per heavy atom. The van der Waals surface area contributed by atoms with Gasteiger partial charge in [0.15, 0.2) is 0 Å². The zero-order valence-electron chi connectivity index (χ0n) is 6.98. The lowest BCUT2D eigenvalue weighted by molar-refractivity contribution is 0.342. The Kier molecular flexibility index (Phi) is 3.16. The van der Waals surface area contributed by atoms with Crippen molar-refractivity contribution >= 4 is 0 Å². The number of nitrogens with one attached hydrogen (secondary N) is 2. The minimum absolute atomic E-state index is 0.758. The molecule has 2 heteroatoms. The van der Waals surface area contributed by atoms with Crippen molar-refractivity contribution in [1.82, 2.24) is 10.6 Å². The Morgan fingerprint density at radius 3 is 2.70 bits per heavy atom. The molecule has 0 amide bonds. The van der Waals surface area contributed by atoms with E-state index in [0.29, 0.717) is 0 Å². The van der Waals surface area contributed by atoms with E-state index in [1.54, 1.807) is 0 Å². The van der Waals surface area contributed by atoms with E-state index < -0.39 is 0 Å². The van der Waals surface area contributed by atoms with Crippen molar-refractivity contribution < 1.29 is 0 Å². The van der Waals surface area contributed by atoms with Crippen molar-refractivity contribution in [3.05, 3.63) is 0 Å². The Morgan fingerprint density at radius 1 is 1.60 bits per heavy atom. The van der Waals surface area contributed by atoms with E-state index in [1.165, 1.54) is 13.0 Å². The van der Waals surface area contributed by atoms with E-state index in [1.807, 2.05) is 0 Å². The third-order valence-electron chi connectivity index (χ3n) is 2.23. The molecule has 1 rings (SSSR count). The Hall–Kier alpha value is -0.0800. The number of rotatable bonds is 4. The summed E-state index contributed by atoms with van der Waals surface area (Å²) in [7, 11) is 0. The third-order valence-corrected chi connectivity index (χ3v) is 2.23. The molecular formula is C8H18N2. The summed E-state index contributed by atoms with van der Waals surface area (Å²) < 4.78 is 0. The Bertz CT molecular complexity index is 84.5. The van der Waals surface area contributed by atoms with Crippen LogP contribution in [0.25, 0.3) is 0 Å². The monoisotopic (exact) mass is 142 g/mol. The number of hydrogen-bond donors (Lipinski definition) is 2. The van der Waals surface area contributed by atoms with Gasteiger partial charge >= 0.3 is 0 Å². The van der Waals surface area contributed by atoms with Gasteiger partial charge in [-0.25, -0.2) is 0 Å². The molecule has 10 heavy (non-hydrogen) atoms. The summed E-state index contributed by atoms with van der Waals surface area (Å²) >= 11 is 0. The minimum Gasteiger partial charge on any atom is -0.314 e. The molecule has 0 radical (unpaired) electrons. The minimum atomic E-state index is 0.758. The summed E-state index contributed by atoms with van der Waals surface area (Å²) in [5, 5.41) is 6.75. The molecule has 2 N–H and O–H groups in total. The summed E-state index contributed by atoms with van der Waals surface area (Å²) in [6.45, 7) is 8.04. The average molecular weight is 142 g/mol. The molecule has 1 atom stereocenters. The first-order valence-electron chi connectivity index (χ1n) is 4.27. The lowest BCUT2D eigenvalue weighted by Gasteiger charge is -2.29. The van der Waals surface area contributed by atoms with Crippen molar-refractivity contribution in [3.63, 3.8) is 0 Å². The van der Waals surface area contributed by atoms with Crippen molar-refractivity contribution in [3.8, 4) is 0 Å². The van der Waals surface area contributed by atoms with Crippen LogP contribution in [0.15, 0.2) is 0 Å². The van der Waals surface area contributed by atoms with Crippen LogP contribution in [-0.2, 0) is 0 Å². The van der Waals surface area contributed by atoms with Crippen molar-refractivity contribution in [2.45, 2.75) is 26.3 Å². The molecule has 1 saturated heterocycles. The second-order valence-corrected chi connectivity index (χ2v) is 3.28. The van der Waals surface area contributed by atoms with Crippen LogP contribution in [0.5, 0.6) is 0 Å². The fourth-order valence-corrected chi connectivity index (χ4v) is 0.945. The van der Waals surface area contributed by atoms with E-state index in [0.717, 1.165) is 25.0 Å².